The number of aryl methyl sites for hydroxylation is 2. The van der Waals surface area contributed by atoms with Crippen molar-refractivity contribution in [2.75, 3.05) is 32.1 Å². The van der Waals surface area contributed by atoms with Gasteiger partial charge in [-0.3, -0.25) is 9.48 Å². The van der Waals surface area contributed by atoms with Crippen LogP contribution in [0.3, 0.4) is 0 Å². The van der Waals surface area contributed by atoms with Gasteiger partial charge in [0.05, 0.1) is 11.7 Å². The third-order valence-electron chi connectivity index (χ3n) is 4.71. The van der Waals surface area contributed by atoms with E-state index in [2.05, 4.69) is 27.4 Å². The van der Waals surface area contributed by atoms with E-state index >= 15 is 0 Å². The molecule has 27 heavy (non-hydrogen) atoms. The molecule has 0 atom stereocenters. The van der Waals surface area contributed by atoms with E-state index in [-0.39, 0.29) is 11.9 Å². The van der Waals surface area contributed by atoms with E-state index in [1.807, 2.05) is 59.8 Å². The van der Waals surface area contributed by atoms with Crippen molar-refractivity contribution in [1.29, 1.82) is 0 Å². The first-order valence-corrected chi connectivity index (χ1v) is 9.63. The number of aromatic nitrogens is 4. The highest BCUT2D eigenvalue weighted by molar-refractivity contribution is 7.09. The van der Waals surface area contributed by atoms with Gasteiger partial charge in [-0.25, -0.2) is 0 Å². The maximum atomic E-state index is 12.8. The SMILES string of the molecule is Cc1cc(C)n(C2CN(C(=O)c3cccc(-c4nc(N(C)C)ns4)c3)C2)n1. The number of rotatable bonds is 4. The Bertz CT molecular complexity index is 986. The predicted octanol–water partition coefficient (Wildman–Crippen LogP) is 2.78. The number of benzene rings is 1. The smallest absolute Gasteiger partial charge is 0.254 e. The molecule has 2 aromatic heterocycles. The molecule has 0 N–H and O–H groups in total. The second kappa shape index (κ2) is 6.77. The minimum Gasteiger partial charge on any atom is -0.346 e. The second-order valence-electron chi connectivity index (χ2n) is 7.11. The summed E-state index contributed by atoms with van der Waals surface area (Å²) < 4.78 is 6.36. The minimum absolute atomic E-state index is 0.0481. The van der Waals surface area contributed by atoms with Crippen LogP contribution in [-0.2, 0) is 0 Å². The lowest BCUT2D eigenvalue weighted by molar-refractivity contribution is 0.0497. The molecule has 7 nitrogen and oxygen atoms in total. The molecule has 1 fully saturated rings. The van der Waals surface area contributed by atoms with Crippen molar-refractivity contribution in [2.24, 2.45) is 0 Å². The van der Waals surface area contributed by atoms with Gasteiger partial charge in [0.1, 0.15) is 5.01 Å². The lowest BCUT2D eigenvalue weighted by Crippen LogP contribution is -2.51. The largest absolute Gasteiger partial charge is 0.346 e. The number of anilines is 1. The van der Waals surface area contributed by atoms with Crippen LogP contribution in [-0.4, -0.2) is 57.1 Å². The molecule has 3 heterocycles. The Morgan fingerprint density at radius 3 is 2.63 bits per heavy atom. The normalized spacial score (nSPS) is 14.3. The molecule has 0 aliphatic carbocycles. The first-order valence-electron chi connectivity index (χ1n) is 8.86. The molecule has 0 unspecified atom stereocenters. The molecule has 1 aromatic carbocycles. The molecule has 1 amide bonds. The van der Waals surface area contributed by atoms with E-state index in [0.717, 1.165) is 22.0 Å². The molecule has 0 bridgehead atoms. The van der Waals surface area contributed by atoms with Gasteiger partial charge in [0.15, 0.2) is 0 Å². The van der Waals surface area contributed by atoms with Crippen LogP contribution in [0.25, 0.3) is 10.6 Å². The molecular weight excluding hydrogens is 360 g/mol. The maximum Gasteiger partial charge on any atom is 0.254 e. The van der Waals surface area contributed by atoms with Gasteiger partial charge in [-0.2, -0.15) is 14.5 Å². The van der Waals surface area contributed by atoms with Gasteiger partial charge < -0.3 is 9.80 Å². The van der Waals surface area contributed by atoms with E-state index < -0.39 is 0 Å². The molecule has 4 rings (SSSR count). The van der Waals surface area contributed by atoms with E-state index in [4.69, 9.17) is 0 Å². The van der Waals surface area contributed by atoms with Crippen LogP contribution in [0, 0.1) is 13.8 Å². The summed E-state index contributed by atoms with van der Waals surface area (Å²) in [5.74, 6) is 0.731. The molecular formula is C19H22N6OS. The number of likely N-dealkylation sites (tertiary alicyclic amines) is 1. The van der Waals surface area contributed by atoms with Crippen molar-refractivity contribution >= 4 is 23.4 Å². The highest BCUT2D eigenvalue weighted by atomic mass is 32.1. The van der Waals surface area contributed by atoms with Crippen molar-refractivity contribution in [3.05, 3.63) is 47.3 Å². The van der Waals surface area contributed by atoms with E-state index in [9.17, 15) is 4.79 Å². The van der Waals surface area contributed by atoms with E-state index in [0.29, 0.717) is 24.6 Å². The van der Waals surface area contributed by atoms with Crippen LogP contribution in [0.2, 0.25) is 0 Å². The van der Waals surface area contributed by atoms with Gasteiger partial charge in [-0.15, -0.1) is 0 Å². The Balaban J connectivity index is 1.48. The molecule has 0 spiro atoms. The molecule has 1 aliphatic rings. The fourth-order valence-corrected chi connectivity index (χ4v) is 4.00. The average Bonchev–Trinajstić information content (AvgIpc) is 3.21. The predicted molar refractivity (Wildman–Crippen MR) is 106 cm³/mol. The van der Waals surface area contributed by atoms with Gasteiger partial charge in [-0.1, -0.05) is 12.1 Å². The van der Waals surface area contributed by atoms with E-state index in [1.165, 1.54) is 11.5 Å². The number of amides is 1. The molecule has 1 saturated heterocycles. The van der Waals surface area contributed by atoms with Crippen molar-refractivity contribution in [1.82, 2.24) is 24.0 Å². The fraction of sp³-hybridized carbons (Fsp3) is 0.368. The first kappa shape index (κ1) is 17.7. The van der Waals surface area contributed by atoms with E-state index in [1.54, 1.807) is 0 Å². The summed E-state index contributed by atoms with van der Waals surface area (Å²) in [6.07, 6.45) is 0. The topological polar surface area (TPSA) is 67.2 Å². The highest BCUT2D eigenvalue weighted by Crippen LogP contribution is 2.28. The van der Waals surface area contributed by atoms with Gasteiger partial charge in [-0.05, 0) is 43.6 Å². The Hall–Kier alpha value is -2.74. The van der Waals surface area contributed by atoms with Crippen LogP contribution < -0.4 is 4.90 Å². The molecule has 140 valence electrons. The monoisotopic (exact) mass is 382 g/mol. The number of carbonyl (C=O) groups excluding carboxylic acids is 1. The van der Waals surface area contributed by atoms with Gasteiger partial charge in [0.25, 0.3) is 5.91 Å². The highest BCUT2D eigenvalue weighted by Gasteiger charge is 2.33. The Morgan fingerprint density at radius 1 is 1.22 bits per heavy atom. The lowest BCUT2D eigenvalue weighted by atomic mass is 10.0. The van der Waals surface area contributed by atoms with Crippen LogP contribution in [0.1, 0.15) is 27.8 Å². The summed E-state index contributed by atoms with van der Waals surface area (Å²) >= 11 is 1.34. The summed E-state index contributed by atoms with van der Waals surface area (Å²) in [5.41, 5.74) is 3.75. The Morgan fingerprint density at radius 2 is 2.00 bits per heavy atom. The number of hydrogen-bond acceptors (Lipinski definition) is 6. The minimum atomic E-state index is 0.0481. The van der Waals surface area contributed by atoms with Crippen LogP contribution in [0.5, 0.6) is 0 Å². The third kappa shape index (κ3) is 3.32. The Kier molecular flexibility index (Phi) is 4.43. The summed E-state index contributed by atoms with van der Waals surface area (Å²) in [4.78, 5) is 21.1. The number of nitrogens with zero attached hydrogens (tertiary/aromatic N) is 6. The van der Waals surface area contributed by atoms with Gasteiger partial charge >= 0.3 is 0 Å². The molecule has 1 aliphatic heterocycles. The fourth-order valence-electron chi connectivity index (χ4n) is 3.27. The van der Waals surface area contributed by atoms with Crippen molar-refractivity contribution in [3.63, 3.8) is 0 Å². The lowest BCUT2D eigenvalue weighted by Gasteiger charge is -2.39. The molecule has 0 radical (unpaired) electrons. The third-order valence-corrected chi connectivity index (χ3v) is 5.47. The van der Waals surface area contributed by atoms with Gasteiger partial charge in [0, 0.05) is 44.0 Å². The summed E-state index contributed by atoms with van der Waals surface area (Å²) in [7, 11) is 3.82. The maximum absolute atomic E-state index is 12.8. The van der Waals surface area contributed by atoms with Crippen LogP contribution >= 0.6 is 11.5 Å². The number of carbonyl (C=O) groups is 1. The van der Waals surface area contributed by atoms with Crippen LogP contribution in [0.15, 0.2) is 30.3 Å². The summed E-state index contributed by atoms with van der Waals surface area (Å²) in [6, 6.07) is 9.95. The Labute approximate surface area is 162 Å². The van der Waals surface area contributed by atoms with Crippen molar-refractivity contribution < 1.29 is 4.79 Å². The van der Waals surface area contributed by atoms with Gasteiger partial charge in [0.2, 0.25) is 5.95 Å². The number of hydrogen-bond donors (Lipinski definition) is 0. The molecule has 3 aromatic rings. The molecule has 8 heteroatoms. The van der Waals surface area contributed by atoms with Crippen molar-refractivity contribution in [3.8, 4) is 10.6 Å². The van der Waals surface area contributed by atoms with Crippen LogP contribution in [0.4, 0.5) is 5.95 Å². The quantitative estimate of drug-likeness (QED) is 0.694. The zero-order chi connectivity index (χ0) is 19.1. The average molecular weight is 382 g/mol. The summed E-state index contributed by atoms with van der Waals surface area (Å²) in [6.45, 7) is 5.42. The summed E-state index contributed by atoms with van der Waals surface area (Å²) in [5, 5.41) is 5.35. The standard InChI is InChI=1S/C19H22N6OS/c1-12-8-13(2)25(21-12)16-10-24(11-16)18(26)15-7-5-6-14(9-15)17-20-19(22-27-17)23(3)4/h5-9,16H,10-11H2,1-4H3. The zero-order valence-corrected chi connectivity index (χ0v) is 16.7. The first-order chi connectivity index (χ1) is 12.9. The second-order valence-corrected chi connectivity index (χ2v) is 7.86. The molecule has 0 saturated carbocycles. The van der Waals surface area contributed by atoms with Crippen molar-refractivity contribution in [2.45, 2.75) is 19.9 Å². The zero-order valence-electron chi connectivity index (χ0n) is 15.9.